The summed E-state index contributed by atoms with van der Waals surface area (Å²) in [5, 5.41) is 12.7. The summed E-state index contributed by atoms with van der Waals surface area (Å²) in [5.74, 6) is 0.227. The van der Waals surface area contributed by atoms with Crippen molar-refractivity contribution < 1.29 is 5.11 Å². The minimum atomic E-state index is -0.544. The van der Waals surface area contributed by atoms with E-state index in [4.69, 9.17) is 11.6 Å². The molecule has 0 spiro atoms. The molecule has 1 atom stereocenters. The summed E-state index contributed by atoms with van der Waals surface area (Å²) in [5.41, 5.74) is 3.16. The van der Waals surface area contributed by atoms with Crippen molar-refractivity contribution >= 4 is 17.3 Å². The Kier molecular flexibility index (Phi) is 4.56. The first kappa shape index (κ1) is 12.9. The van der Waals surface area contributed by atoms with Crippen LogP contribution in [0.5, 0.6) is 0 Å². The minimum Gasteiger partial charge on any atom is -0.390 e. The highest BCUT2D eigenvalue weighted by atomic mass is 35.5. The molecule has 18 heavy (non-hydrogen) atoms. The topological polar surface area (TPSA) is 45.1 Å². The fourth-order valence-electron chi connectivity index (χ4n) is 1.70. The van der Waals surface area contributed by atoms with Crippen LogP contribution in [0.1, 0.15) is 0 Å². The molecule has 1 heterocycles. The highest BCUT2D eigenvalue weighted by Gasteiger charge is 2.06. The normalized spacial score (nSPS) is 12.1. The quantitative estimate of drug-likeness (QED) is 0.815. The summed E-state index contributed by atoms with van der Waals surface area (Å²) in [4.78, 5) is 4.01. The smallest absolute Gasteiger partial charge is 0.0847 e. The van der Waals surface area contributed by atoms with Gasteiger partial charge in [-0.1, -0.05) is 18.2 Å². The van der Waals surface area contributed by atoms with Gasteiger partial charge in [0.2, 0.25) is 0 Å². The van der Waals surface area contributed by atoms with Crippen molar-refractivity contribution in [1.82, 2.24) is 4.98 Å². The van der Waals surface area contributed by atoms with Gasteiger partial charge in [-0.15, -0.1) is 11.6 Å². The zero-order valence-electron chi connectivity index (χ0n) is 9.88. The van der Waals surface area contributed by atoms with Crippen LogP contribution in [0.2, 0.25) is 0 Å². The number of nitrogens with one attached hydrogen (secondary N) is 1. The standard InChI is InChI=1S/C14H15ClN2O/c15-9-12(18)10-17-14-4-2-1-3-13(14)11-5-7-16-8-6-11/h1-8,12,17-18H,9-10H2. The van der Waals surface area contributed by atoms with Gasteiger partial charge in [0, 0.05) is 30.2 Å². The largest absolute Gasteiger partial charge is 0.390 e. The predicted octanol–water partition coefficient (Wildman–Crippen LogP) is 2.76. The predicted molar refractivity (Wildman–Crippen MR) is 74.9 cm³/mol. The van der Waals surface area contributed by atoms with Crippen LogP contribution in [0.15, 0.2) is 48.8 Å². The van der Waals surface area contributed by atoms with Crippen LogP contribution in [-0.4, -0.2) is 28.6 Å². The van der Waals surface area contributed by atoms with Gasteiger partial charge in [0.05, 0.1) is 12.0 Å². The Morgan fingerprint density at radius 1 is 1.17 bits per heavy atom. The summed E-state index contributed by atoms with van der Waals surface area (Å²) in [6.07, 6.45) is 2.98. The van der Waals surface area contributed by atoms with E-state index in [-0.39, 0.29) is 5.88 Å². The van der Waals surface area contributed by atoms with Gasteiger partial charge in [-0.25, -0.2) is 0 Å². The van der Waals surface area contributed by atoms with Crippen molar-refractivity contribution in [2.75, 3.05) is 17.7 Å². The van der Waals surface area contributed by atoms with E-state index >= 15 is 0 Å². The SMILES string of the molecule is OC(CCl)CNc1ccccc1-c1ccncc1. The molecular formula is C14H15ClN2O. The molecule has 0 aliphatic carbocycles. The molecule has 1 aromatic carbocycles. The molecular weight excluding hydrogens is 248 g/mol. The molecule has 3 nitrogen and oxygen atoms in total. The molecule has 1 aromatic heterocycles. The number of aromatic nitrogens is 1. The fraction of sp³-hybridized carbons (Fsp3) is 0.214. The Balaban J connectivity index is 2.21. The zero-order valence-corrected chi connectivity index (χ0v) is 10.6. The van der Waals surface area contributed by atoms with Gasteiger partial charge in [-0.3, -0.25) is 4.98 Å². The van der Waals surface area contributed by atoms with Crippen LogP contribution >= 0.6 is 11.6 Å². The summed E-state index contributed by atoms with van der Waals surface area (Å²) in [6, 6.07) is 11.9. The van der Waals surface area contributed by atoms with Gasteiger partial charge in [-0.2, -0.15) is 0 Å². The average Bonchev–Trinajstić information content (AvgIpc) is 2.46. The van der Waals surface area contributed by atoms with Crippen molar-refractivity contribution in [2.24, 2.45) is 0 Å². The van der Waals surface area contributed by atoms with Crippen LogP contribution in [-0.2, 0) is 0 Å². The molecule has 0 aliphatic heterocycles. The summed E-state index contributed by atoms with van der Waals surface area (Å²) in [7, 11) is 0. The van der Waals surface area contributed by atoms with E-state index in [1.165, 1.54) is 0 Å². The first-order valence-electron chi connectivity index (χ1n) is 5.78. The highest BCUT2D eigenvalue weighted by Crippen LogP contribution is 2.26. The van der Waals surface area contributed by atoms with Gasteiger partial charge in [0.25, 0.3) is 0 Å². The van der Waals surface area contributed by atoms with Gasteiger partial charge >= 0.3 is 0 Å². The Morgan fingerprint density at radius 3 is 2.61 bits per heavy atom. The van der Waals surface area contributed by atoms with Crippen LogP contribution in [0, 0.1) is 0 Å². The van der Waals surface area contributed by atoms with Crippen LogP contribution in [0.4, 0.5) is 5.69 Å². The second-order valence-corrected chi connectivity index (χ2v) is 4.28. The van der Waals surface area contributed by atoms with E-state index in [1.54, 1.807) is 12.4 Å². The average molecular weight is 263 g/mol. The molecule has 1 unspecified atom stereocenters. The van der Waals surface area contributed by atoms with E-state index in [2.05, 4.69) is 10.3 Å². The number of benzene rings is 1. The lowest BCUT2D eigenvalue weighted by Crippen LogP contribution is -2.20. The molecule has 0 saturated carbocycles. The van der Waals surface area contributed by atoms with Gasteiger partial charge in [0.15, 0.2) is 0 Å². The zero-order chi connectivity index (χ0) is 12.8. The van der Waals surface area contributed by atoms with E-state index in [0.717, 1.165) is 16.8 Å². The molecule has 2 rings (SSSR count). The number of aliphatic hydroxyl groups is 1. The Morgan fingerprint density at radius 2 is 1.89 bits per heavy atom. The van der Waals surface area contributed by atoms with Crippen molar-refractivity contribution in [3.8, 4) is 11.1 Å². The lowest BCUT2D eigenvalue weighted by Gasteiger charge is -2.14. The maximum absolute atomic E-state index is 9.48. The first-order chi connectivity index (χ1) is 8.81. The Hall–Kier alpha value is -1.58. The summed E-state index contributed by atoms with van der Waals surface area (Å²) >= 11 is 5.58. The number of hydrogen-bond acceptors (Lipinski definition) is 3. The first-order valence-corrected chi connectivity index (χ1v) is 6.32. The van der Waals surface area contributed by atoms with Gasteiger partial charge < -0.3 is 10.4 Å². The number of pyridine rings is 1. The molecule has 4 heteroatoms. The molecule has 2 N–H and O–H groups in total. The minimum absolute atomic E-state index is 0.227. The number of alkyl halides is 1. The number of nitrogens with zero attached hydrogens (tertiary/aromatic N) is 1. The number of aliphatic hydroxyl groups excluding tert-OH is 1. The maximum atomic E-state index is 9.48. The lowest BCUT2D eigenvalue weighted by atomic mass is 10.1. The molecule has 2 aromatic rings. The van der Waals surface area contributed by atoms with Crippen molar-refractivity contribution in [1.29, 1.82) is 0 Å². The van der Waals surface area contributed by atoms with Crippen LogP contribution in [0.25, 0.3) is 11.1 Å². The number of anilines is 1. The summed E-state index contributed by atoms with van der Waals surface area (Å²) < 4.78 is 0. The second kappa shape index (κ2) is 6.38. The fourth-order valence-corrected chi connectivity index (χ4v) is 1.81. The third-order valence-corrected chi connectivity index (χ3v) is 2.98. The van der Waals surface area contributed by atoms with E-state index in [0.29, 0.717) is 6.54 Å². The number of para-hydroxylation sites is 1. The number of halogens is 1. The molecule has 94 valence electrons. The van der Waals surface area contributed by atoms with Crippen LogP contribution in [0.3, 0.4) is 0 Å². The highest BCUT2D eigenvalue weighted by molar-refractivity contribution is 6.18. The van der Waals surface area contributed by atoms with Crippen molar-refractivity contribution in [3.63, 3.8) is 0 Å². The van der Waals surface area contributed by atoms with E-state index in [1.807, 2.05) is 36.4 Å². The molecule has 0 saturated heterocycles. The third kappa shape index (κ3) is 3.22. The number of rotatable bonds is 5. The Bertz CT molecular complexity index is 490. The van der Waals surface area contributed by atoms with E-state index in [9.17, 15) is 5.11 Å². The molecule has 0 amide bonds. The number of hydrogen-bond donors (Lipinski definition) is 2. The lowest BCUT2D eigenvalue weighted by molar-refractivity contribution is 0.211. The van der Waals surface area contributed by atoms with Crippen molar-refractivity contribution in [3.05, 3.63) is 48.8 Å². The molecule has 0 bridgehead atoms. The Labute approximate surface area is 111 Å². The molecule has 0 radical (unpaired) electrons. The molecule has 0 aliphatic rings. The van der Waals surface area contributed by atoms with Crippen LogP contribution < -0.4 is 5.32 Å². The molecule has 0 fully saturated rings. The van der Waals surface area contributed by atoms with E-state index < -0.39 is 6.10 Å². The summed E-state index contributed by atoms with van der Waals surface area (Å²) in [6.45, 7) is 0.436. The second-order valence-electron chi connectivity index (χ2n) is 3.97. The monoisotopic (exact) mass is 262 g/mol. The van der Waals surface area contributed by atoms with Gasteiger partial charge in [-0.05, 0) is 23.8 Å². The van der Waals surface area contributed by atoms with Gasteiger partial charge in [0.1, 0.15) is 0 Å². The maximum Gasteiger partial charge on any atom is 0.0847 e. The third-order valence-electron chi connectivity index (χ3n) is 2.62. The van der Waals surface area contributed by atoms with Crippen molar-refractivity contribution in [2.45, 2.75) is 6.10 Å².